The molecule has 2 aromatic carbocycles. The average molecular weight is 427 g/mol. The summed E-state index contributed by atoms with van der Waals surface area (Å²) in [6.07, 6.45) is -0.148. The molecule has 166 valence electrons. The number of urea groups is 1. The Hall–Kier alpha value is -3.10. The van der Waals surface area contributed by atoms with E-state index in [9.17, 15) is 14.7 Å². The Labute approximate surface area is 182 Å². The van der Waals surface area contributed by atoms with Gasteiger partial charge in [-0.05, 0) is 44.3 Å². The maximum absolute atomic E-state index is 13.3. The predicted octanol–water partition coefficient (Wildman–Crippen LogP) is 2.77. The largest absolute Gasteiger partial charge is 0.488 e. The molecule has 1 heterocycles. The number of aliphatic hydroxyl groups excluding tert-OH is 1. The molecule has 0 aromatic heterocycles. The predicted molar refractivity (Wildman–Crippen MR) is 121 cm³/mol. The molecule has 0 bridgehead atoms. The summed E-state index contributed by atoms with van der Waals surface area (Å²) in [6, 6.07) is 13.4. The molecule has 0 saturated heterocycles. The standard InChI is InChI=1S/C23H30N4O4/c1-15-13-27(16(2)14-28)22(29)19-11-18(9-10-20(19)31-21(15)12-24-3)26-23(30)25-17-7-5-4-6-8-17/h4-11,15-16,21,24,28H,12-14H2,1-3H3,(H2,25,26,30)/t15-,16-,21-/m1/s1. The number of fused-ring (bicyclic) bond motifs is 1. The monoisotopic (exact) mass is 426 g/mol. The van der Waals surface area contributed by atoms with Gasteiger partial charge in [0.15, 0.2) is 0 Å². The average Bonchev–Trinajstić information content (AvgIpc) is 2.76. The van der Waals surface area contributed by atoms with Crippen LogP contribution in [0.1, 0.15) is 24.2 Å². The molecule has 0 radical (unpaired) electrons. The summed E-state index contributed by atoms with van der Waals surface area (Å²) in [6.45, 7) is 4.79. The lowest BCUT2D eigenvalue weighted by molar-refractivity contribution is 0.0416. The highest BCUT2D eigenvalue weighted by Crippen LogP contribution is 2.30. The van der Waals surface area contributed by atoms with Gasteiger partial charge in [-0.1, -0.05) is 25.1 Å². The molecule has 3 rings (SSSR count). The number of hydrogen-bond donors (Lipinski definition) is 4. The van der Waals surface area contributed by atoms with Crippen molar-refractivity contribution in [3.63, 3.8) is 0 Å². The zero-order valence-corrected chi connectivity index (χ0v) is 18.1. The van der Waals surface area contributed by atoms with E-state index >= 15 is 0 Å². The highest BCUT2D eigenvalue weighted by molar-refractivity contribution is 6.02. The number of anilines is 2. The highest BCUT2D eigenvalue weighted by atomic mass is 16.5. The smallest absolute Gasteiger partial charge is 0.323 e. The normalized spacial score (nSPS) is 19.5. The van der Waals surface area contributed by atoms with Gasteiger partial charge in [-0.2, -0.15) is 0 Å². The van der Waals surface area contributed by atoms with Gasteiger partial charge in [0.2, 0.25) is 0 Å². The van der Waals surface area contributed by atoms with Gasteiger partial charge in [0.05, 0.1) is 18.2 Å². The summed E-state index contributed by atoms with van der Waals surface area (Å²) < 4.78 is 6.18. The summed E-state index contributed by atoms with van der Waals surface area (Å²) in [4.78, 5) is 27.4. The minimum Gasteiger partial charge on any atom is -0.488 e. The number of ether oxygens (including phenoxy) is 1. The number of nitrogens with zero attached hydrogens (tertiary/aromatic N) is 1. The maximum Gasteiger partial charge on any atom is 0.323 e. The van der Waals surface area contributed by atoms with Crippen molar-refractivity contribution in [1.29, 1.82) is 0 Å². The molecule has 2 aromatic rings. The van der Waals surface area contributed by atoms with Crippen molar-refractivity contribution >= 4 is 23.3 Å². The summed E-state index contributed by atoms with van der Waals surface area (Å²) in [5, 5.41) is 18.3. The van der Waals surface area contributed by atoms with Crippen molar-refractivity contribution in [3.05, 3.63) is 54.1 Å². The number of carbonyl (C=O) groups is 2. The highest BCUT2D eigenvalue weighted by Gasteiger charge is 2.32. The molecule has 1 aliphatic rings. The molecule has 8 nitrogen and oxygen atoms in total. The van der Waals surface area contributed by atoms with Gasteiger partial charge in [0, 0.05) is 30.4 Å². The fourth-order valence-electron chi connectivity index (χ4n) is 3.56. The van der Waals surface area contributed by atoms with Crippen molar-refractivity contribution in [2.45, 2.75) is 26.0 Å². The summed E-state index contributed by atoms with van der Waals surface area (Å²) in [5.74, 6) is 0.285. The number of rotatable bonds is 6. The van der Waals surface area contributed by atoms with Gasteiger partial charge < -0.3 is 30.7 Å². The molecule has 0 saturated carbocycles. The fraction of sp³-hybridized carbons (Fsp3) is 0.391. The first kappa shape index (κ1) is 22.6. The van der Waals surface area contributed by atoms with E-state index in [-0.39, 0.29) is 30.6 Å². The van der Waals surface area contributed by atoms with Gasteiger partial charge in [0.1, 0.15) is 11.9 Å². The first-order chi connectivity index (χ1) is 14.9. The van der Waals surface area contributed by atoms with Gasteiger partial charge in [-0.3, -0.25) is 4.79 Å². The van der Waals surface area contributed by atoms with Crippen molar-refractivity contribution in [2.24, 2.45) is 5.92 Å². The first-order valence-electron chi connectivity index (χ1n) is 10.4. The third-order valence-electron chi connectivity index (χ3n) is 5.36. The van der Waals surface area contributed by atoms with Gasteiger partial charge >= 0.3 is 6.03 Å². The Balaban J connectivity index is 1.87. The van der Waals surface area contributed by atoms with Crippen LogP contribution in [0.4, 0.5) is 16.2 Å². The van der Waals surface area contributed by atoms with Crippen LogP contribution in [0.15, 0.2) is 48.5 Å². The summed E-state index contributed by atoms with van der Waals surface area (Å²) in [7, 11) is 1.85. The lowest BCUT2D eigenvalue weighted by atomic mass is 9.99. The molecule has 0 unspecified atom stereocenters. The molecule has 0 spiro atoms. The van der Waals surface area contributed by atoms with Crippen LogP contribution >= 0.6 is 0 Å². The number of amides is 3. The minimum absolute atomic E-state index is 0.0630. The van der Waals surface area contributed by atoms with Crippen molar-refractivity contribution in [3.8, 4) is 5.75 Å². The zero-order chi connectivity index (χ0) is 22.4. The molecular formula is C23H30N4O4. The van der Waals surface area contributed by atoms with Crippen LogP contribution < -0.4 is 20.7 Å². The summed E-state index contributed by atoms with van der Waals surface area (Å²) >= 11 is 0. The molecule has 0 fully saturated rings. The van der Waals surface area contributed by atoms with E-state index in [1.165, 1.54) is 0 Å². The Bertz CT molecular complexity index is 906. The van der Waals surface area contributed by atoms with E-state index in [0.717, 1.165) is 0 Å². The fourth-order valence-corrected chi connectivity index (χ4v) is 3.56. The number of carbonyl (C=O) groups excluding carboxylic acids is 2. The second-order valence-electron chi connectivity index (χ2n) is 7.84. The molecular weight excluding hydrogens is 396 g/mol. The van der Waals surface area contributed by atoms with E-state index in [0.29, 0.717) is 35.8 Å². The Morgan fingerprint density at radius 2 is 1.90 bits per heavy atom. The Morgan fingerprint density at radius 1 is 1.19 bits per heavy atom. The van der Waals surface area contributed by atoms with Crippen LogP contribution in [0.3, 0.4) is 0 Å². The van der Waals surface area contributed by atoms with Crippen LogP contribution in [-0.4, -0.2) is 60.8 Å². The molecule has 3 amide bonds. The molecule has 4 N–H and O–H groups in total. The Kier molecular flexibility index (Phi) is 7.49. The van der Waals surface area contributed by atoms with Crippen LogP contribution in [0, 0.1) is 5.92 Å². The van der Waals surface area contributed by atoms with Gasteiger partial charge in [-0.15, -0.1) is 0 Å². The zero-order valence-electron chi connectivity index (χ0n) is 18.1. The van der Waals surface area contributed by atoms with E-state index in [4.69, 9.17) is 4.74 Å². The number of para-hydroxylation sites is 1. The van der Waals surface area contributed by atoms with Crippen molar-refractivity contribution in [1.82, 2.24) is 10.2 Å². The number of hydrogen-bond acceptors (Lipinski definition) is 5. The molecule has 31 heavy (non-hydrogen) atoms. The van der Waals surface area contributed by atoms with E-state index in [2.05, 4.69) is 16.0 Å². The molecule has 3 atom stereocenters. The topological polar surface area (TPSA) is 103 Å². The number of benzene rings is 2. The second kappa shape index (κ2) is 10.3. The maximum atomic E-state index is 13.3. The minimum atomic E-state index is -0.410. The molecule has 0 aliphatic carbocycles. The van der Waals surface area contributed by atoms with E-state index in [1.807, 2.05) is 39.1 Å². The lowest BCUT2D eigenvalue weighted by Gasteiger charge is -2.37. The van der Waals surface area contributed by atoms with Gasteiger partial charge in [0.25, 0.3) is 5.91 Å². The van der Waals surface area contributed by atoms with Gasteiger partial charge in [-0.25, -0.2) is 4.79 Å². The number of likely N-dealkylation sites (N-methyl/N-ethyl adjacent to an activating group) is 1. The quantitative estimate of drug-likeness (QED) is 0.569. The number of aliphatic hydroxyl groups is 1. The molecule has 8 heteroatoms. The third kappa shape index (κ3) is 5.53. The summed E-state index contributed by atoms with van der Waals surface area (Å²) in [5.41, 5.74) is 1.49. The first-order valence-corrected chi connectivity index (χ1v) is 10.4. The third-order valence-corrected chi connectivity index (χ3v) is 5.36. The van der Waals surface area contributed by atoms with Crippen LogP contribution in [-0.2, 0) is 0 Å². The second-order valence-corrected chi connectivity index (χ2v) is 7.84. The SMILES string of the molecule is CNC[C@H]1Oc2ccc(NC(=O)Nc3ccccc3)cc2C(=O)N([C@H](C)CO)C[C@H]1C. The number of nitrogens with one attached hydrogen (secondary N) is 3. The lowest BCUT2D eigenvalue weighted by Crippen LogP contribution is -2.49. The van der Waals surface area contributed by atoms with E-state index in [1.54, 1.807) is 35.2 Å². The molecule has 1 aliphatic heterocycles. The van der Waals surface area contributed by atoms with Crippen LogP contribution in [0.2, 0.25) is 0 Å². The Morgan fingerprint density at radius 3 is 2.58 bits per heavy atom. The van der Waals surface area contributed by atoms with E-state index < -0.39 is 6.03 Å². The van der Waals surface area contributed by atoms with Crippen LogP contribution in [0.5, 0.6) is 5.75 Å². The van der Waals surface area contributed by atoms with Crippen molar-refractivity contribution < 1.29 is 19.4 Å². The van der Waals surface area contributed by atoms with Crippen LogP contribution in [0.25, 0.3) is 0 Å². The van der Waals surface area contributed by atoms with Crippen molar-refractivity contribution in [2.75, 3.05) is 37.4 Å².